The van der Waals surface area contributed by atoms with Crippen molar-refractivity contribution in [1.82, 2.24) is 0 Å². The van der Waals surface area contributed by atoms with Crippen molar-refractivity contribution in [3.8, 4) is 0 Å². The van der Waals surface area contributed by atoms with Gasteiger partial charge in [0, 0.05) is 12.3 Å². The Balaban J connectivity index is 2.43. The predicted octanol–water partition coefficient (Wildman–Crippen LogP) is 3.39. The number of ketones is 2. The second kappa shape index (κ2) is 6.17. The topological polar surface area (TPSA) is 34.1 Å². The Hall–Kier alpha value is -0.660. The van der Waals surface area contributed by atoms with E-state index in [4.69, 9.17) is 0 Å². The number of hydrogen-bond donors (Lipinski definition) is 0. The highest BCUT2D eigenvalue weighted by Crippen LogP contribution is 2.35. The molecular weight excluding hydrogens is 200 g/mol. The molecule has 0 spiro atoms. The van der Waals surface area contributed by atoms with E-state index in [-0.39, 0.29) is 17.5 Å². The minimum absolute atomic E-state index is 0.0350. The molecule has 0 radical (unpaired) electrons. The Kier molecular flexibility index (Phi) is 5.17. The van der Waals surface area contributed by atoms with E-state index < -0.39 is 0 Å². The van der Waals surface area contributed by atoms with Gasteiger partial charge in [0.25, 0.3) is 0 Å². The Bertz CT molecular complexity index is 249. The van der Waals surface area contributed by atoms with Gasteiger partial charge >= 0.3 is 0 Å². The molecule has 1 atom stereocenters. The first-order valence-corrected chi connectivity index (χ1v) is 6.67. The van der Waals surface area contributed by atoms with E-state index in [0.29, 0.717) is 6.42 Å². The Morgan fingerprint density at radius 3 is 2.12 bits per heavy atom. The third-order valence-electron chi connectivity index (χ3n) is 4.19. The summed E-state index contributed by atoms with van der Waals surface area (Å²) in [6, 6.07) is 0. The lowest BCUT2D eigenvalue weighted by Gasteiger charge is -2.30. The lowest BCUT2D eigenvalue weighted by Crippen LogP contribution is -2.29. The van der Waals surface area contributed by atoms with Crippen molar-refractivity contribution in [3.05, 3.63) is 0 Å². The quantitative estimate of drug-likeness (QED) is 0.671. The van der Waals surface area contributed by atoms with Gasteiger partial charge in [-0.2, -0.15) is 0 Å². The number of rotatable bonds is 5. The molecule has 1 unspecified atom stereocenters. The van der Waals surface area contributed by atoms with Gasteiger partial charge in [-0.05, 0) is 37.5 Å². The SMILES string of the molecule is CCC(=O)C(=O)C1CCC(C(C)CC)CC1. The molecule has 0 N–H and O–H groups in total. The van der Waals surface area contributed by atoms with Gasteiger partial charge in [0.2, 0.25) is 5.78 Å². The standard InChI is InChI=1S/C14H24O2/c1-4-10(3)11-6-8-12(9-7-11)14(16)13(15)5-2/h10-12H,4-9H2,1-3H3. The highest BCUT2D eigenvalue weighted by Gasteiger charge is 2.30. The summed E-state index contributed by atoms with van der Waals surface area (Å²) in [5.74, 6) is 1.29. The first-order valence-electron chi connectivity index (χ1n) is 6.67. The van der Waals surface area contributed by atoms with Crippen molar-refractivity contribution >= 4 is 11.6 Å². The molecule has 0 aromatic carbocycles. The molecule has 0 bridgehead atoms. The molecule has 0 saturated heterocycles. The summed E-state index contributed by atoms with van der Waals surface area (Å²) in [5.41, 5.74) is 0. The molecule has 92 valence electrons. The van der Waals surface area contributed by atoms with Gasteiger partial charge in [-0.3, -0.25) is 9.59 Å². The van der Waals surface area contributed by atoms with Crippen molar-refractivity contribution in [1.29, 1.82) is 0 Å². The first-order chi connectivity index (χ1) is 7.60. The molecule has 0 amide bonds. The van der Waals surface area contributed by atoms with Crippen molar-refractivity contribution in [2.45, 2.75) is 59.3 Å². The zero-order valence-electron chi connectivity index (χ0n) is 10.8. The maximum Gasteiger partial charge on any atom is 0.201 e. The van der Waals surface area contributed by atoms with E-state index in [1.54, 1.807) is 6.92 Å². The van der Waals surface area contributed by atoms with Gasteiger partial charge in [-0.15, -0.1) is 0 Å². The molecule has 2 nitrogen and oxygen atoms in total. The highest BCUT2D eigenvalue weighted by molar-refractivity contribution is 6.37. The molecule has 1 aliphatic rings. The van der Waals surface area contributed by atoms with Crippen LogP contribution in [0.3, 0.4) is 0 Å². The number of carbonyl (C=O) groups is 2. The largest absolute Gasteiger partial charge is 0.291 e. The molecule has 0 heterocycles. The Labute approximate surface area is 98.8 Å². The number of Topliss-reactive ketones (excluding diaryl/α,β-unsaturated/α-hetero) is 2. The van der Waals surface area contributed by atoms with E-state index in [9.17, 15) is 9.59 Å². The fraction of sp³-hybridized carbons (Fsp3) is 0.857. The molecule has 1 saturated carbocycles. The summed E-state index contributed by atoms with van der Waals surface area (Å²) in [4.78, 5) is 23.1. The van der Waals surface area contributed by atoms with Crippen LogP contribution in [0.15, 0.2) is 0 Å². The maximum atomic E-state index is 11.7. The molecule has 2 heteroatoms. The van der Waals surface area contributed by atoms with Crippen LogP contribution in [0.1, 0.15) is 59.3 Å². The summed E-state index contributed by atoms with van der Waals surface area (Å²) in [5, 5.41) is 0. The van der Waals surface area contributed by atoms with Gasteiger partial charge in [-0.1, -0.05) is 27.2 Å². The predicted molar refractivity (Wildman–Crippen MR) is 65.2 cm³/mol. The zero-order chi connectivity index (χ0) is 12.1. The lowest BCUT2D eigenvalue weighted by atomic mass is 9.74. The van der Waals surface area contributed by atoms with E-state index in [2.05, 4.69) is 13.8 Å². The second-order valence-electron chi connectivity index (χ2n) is 5.14. The zero-order valence-corrected chi connectivity index (χ0v) is 10.8. The molecule has 1 rings (SSSR count). The summed E-state index contributed by atoms with van der Waals surface area (Å²) in [6.45, 7) is 6.29. The Morgan fingerprint density at radius 1 is 1.12 bits per heavy atom. The second-order valence-corrected chi connectivity index (χ2v) is 5.14. The fourth-order valence-corrected chi connectivity index (χ4v) is 2.69. The smallest absolute Gasteiger partial charge is 0.201 e. The van der Waals surface area contributed by atoms with Crippen LogP contribution in [-0.2, 0) is 9.59 Å². The van der Waals surface area contributed by atoms with E-state index in [1.165, 1.54) is 6.42 Å². The van der Waals surface area contributed by atoms with Gasteiger partial charge < -0.3 is 0 Å². The van der Waals surface area contributed by atoms with E-state index in [0.717, 1.165) is 37.5 Å². The van der Waals surface area contributed by atoms with Gasteiger partial charge in [0.15, 0.2) is 5.78 Å². The van der Waals surface area contributed by atoms with Crippen LogP contribution in [0.4, 0.5) is 0 Å². The van der Waals surface area contributed by atoms with Gasteiger partial charge in [-0.25, -0.2) is 0 Å². The monoisotopic (exact) mass is 224 g/mol. The van der Waals surface area contributed by atoms with E-state index >= 15 is 0 Å². The molecule has 0 aromatic heterocycles. The first kappa shape index (κ1) is 13.4. The lowest BCUT2D eigenvalue weighted by molar-refractivity contribution is -0.139. The average molecular weight is 224 g/mol. The molecule has 0 aromatic rings. The summed E-state index contributed by atoms with van der Waals surface area (Å²) in [6.07, 6.45) is 5.70. The van der Waals surface area contributed by atoms with Gasteiger partial charge in [0.1, 0.15) is 0 Å². The maximum absolute atomic E-state index is 11.7. The van der Waals surface area contributed by atoms with Crippen molar-refractivity contribution in [2.75, 3.05) is 0 Å². The number of carbonyl (C=O) groups excluding carboxylic acids is 2. The van der Waals surface area contributed by atoms with Crippen molar-refractivity contribution in [2.24, 2.45) is 17.8 Å². The van der Waals surface area contributed by atoms with E-state index in [1.807, 2.05) is 0 Å². The normalized spacial score (nSPS) is 27.4. The molecule has 1 aliphatic carbocycles. The highest BCUT2D eigenvalue weighted by atomic mass is 16.2. The van der Waals surface area contributed by atoms with Gasteiger partial charge in [0.05, 0.1) is 0 Å². The molecule has 1 fully saturated rings. The van der Waals surface area contributed by atoms with Crippen molar-refractivity contribution in [3.63, 3.8) is 0 Å². The third kappa shape index (κ3) is 3.16. The average Bonchev–Trinajstić information content (AvgIpc) is 2.36. The molecular formula is C14H24O2. The molecule has 16 heavy (non-hydrogen) atoms. The summed E-state index contributed by atoms with van der Waals surface area (Å²) >= 11 is 0. The molecule has 0 aliphatic heterocycles. The van der Waals surface area contributed by atoms with Crippen LogP contribution in [0.5, 0.6) is 0 Å². The van der Waals surface area contributed by atoms with Crippen LogP contribution >= 0.6 is 0 Å². The minimum atomic E-state index is -0.174. The number of hydrogen-bond acceptors (Lipinski definition) is 2. The minimum Gasteiger partial charge on any atom is -0.291 e. The Morgan fingerprint density at radius 2 is 1.69 bits per heavy atom. The van der Waals surface area contributed by atoms with Crippen LogP contribution in [0.25, 0.3) is 0 Å². The van der Waals surface area contributed by atoms with Crippen LogP contribution in [0, 0.1) is 17.8 Å². The summed E-state index contributed by atoms with van der Waals surface area (Å²) < 4.78 is 0. The van der Waals surface area contributed by atoms with Crippen LogP contribution in [0.2, 0.25) is 0 Å². The fourth-order valence-electron chi connectivity index (χ4n) is 2.69. The van der Waals surface area contributed by atoms with Crippen molar-refractivity contribution < 1.29 is 9.59 Å². The van der Waals surface area contributed by atoms with Crippen LogP contribution in [-0.4, -0.2) is 11.6 Å². The summed E-state index contributed by atoms with van der Waals surface area (Å²) in [7, 11) is 0. The third-order valence-corrected chi connectivity index (χ3v) is 4.19. The van der Waals surface area contributed by atoms with Crippen LogP contribution < -0.4 is 0 Å².